The maximum absolute atomic E-state index is 12.0. The van der Waals surface area contributed by atoms with Crippen LogP contribution >= 0.6 is 11.3 Å². The van der Waals surface area contributed by atoms with Gasteiger partial charge in [-0.1, -0.05) is 0 Å². The molecule has 15 heavy (non-hydrogen) atoms. The third kappa shape index (κ3) is 2.23. The molecule has 1 fully saturated rings. The van der Waals surface area contributed by atoms with Crippen LogP contribution in [0, 0.1) is 0 Å². The summed E-state index contributed by atoms with van der Waals surface area (Å²) in [5.74, 6) is 0. The lowest BCUT2D eigenvalue weighted by Gasteiger charge is -2.11. The van der Waals surface area contributed by atoms with Gasteiger partial charge in [0.25, 0.3) is 0 Å². The van der Waals surface area contributed by atoms with Gasteiger partial charge in [0.1, 0.15) is 0 Å². The second-order valence-corrected chi connectivity index (χ2v) is 6.73. The fourth-order valence-electron chi connectivity index (χ4n) is 1.39. The highest BCUT2D eigenvalue weighted by atomic mass is 32.2. The number of hydrogen-bond acceptors (Lipinski definition) is 4. The molecule has 0 amide bonds. The summed E-state index contributed by atoms with van der Waals surface area (Å²) < 4.78 is 26.6. The number of thiophene rings is 1. The summed E-state index contributed by atoms with van der Waals surface area (Å²) >= 11 is 1.38. The van der Waals surface area contributed by atoms with Crippen LogP contribution in [0.4, 0.5) is 0 Å². The molecule has 84 valence electrons. The van der Waals surface area contributed by atoms with Gasteiger partial charge in [0, 0.05) is 17.0 Å². The predicted octanol–water partition coefficient (Wildman–Crippen LogP) is 1.04. The van der Waals surface area contributed by atoms with Crippen molar-refractivity contribution in [2.75, 3.05) is 0 Å². The van der Waals surface area contributed by atoms with E-state index in [0.29, 0.717) is 9.77 Å². The monoisotopic (exact) mass is 246 g/mol. The zero-order chi connectivity index (χ0) is 11.1. The van der Waals surface area contributed by atoms with Gasteiger partial charge in [-0.15, -0.1) is 11.3 Å². The first kappa shape index (κ1) is 11.1. The smallest absolute Gasteiger partial charge is 0.242 e. The largest absolute Gasteiger partial charge is 0.326 e. The Morgan fingerprint density at radius 1 is 1.60 bits per heavy atom. The van der Waals surface area contributed by atoms with E-state index < -0.39 is 10.0 Å². The standard InChI is InChI=1S/C9H14N2O2S2/c1-9(3-4-9)11-15(12,13)8-2-5-14-7(8)6-10/h2,5,11H,3-4,6,10H2,1H3. The van der Waals surface area contributed by atoms with E-state index in [1.54, 1.807) is 11.4 Å². The lowest BCUT2D eigenvalue weighted by molar-refractivity contribution is 0.557. The molecule has 0 aromatic carbocycles. The van der Waals surface area contributed by atoms with Crippen LogP contribution in [0.1, 0.15) is 24.6 Å². The fraction of sp³-hybridized carbons (Fsp3) is 0.556. The molecular formula is C9H14N2O2S2. The van der Waals surface area contributed by atoms with E-state index in [1.165, 1.54) is 11.3 Å². The van der Waals surface area contributed by atoms with Gasteiger partial charge < -0.3 is 5.73 Å². The minimum Gasteiger partial charge on any atom is -0.326 e. The SMILES string of the molecule is CC1(NS(=O)(=O)c2ccsc2CN)CC1. The zero-order valence-electron chi connectivity index (χ0n) is 8.49. The van der Waals surface area contributed by atoms with Gasteiger partial charge in [-0.2, -0.15) is 0 Å². The van der Waals surface area contributed by atoms with Crippen LogP contribution in [0.25, 0.3) is 0 Å². The molecule has 0 saturated heterocycles. The van der Waals surface area contributed by atoms with Gasteiger partial charge in [-0.25, -0.2) is 13.1 Å². The molecule has 0 unspecified atom stereocenters. The molecule has 0 atom stereocenters. The average Bonchev–Trinajstić information content (AvgIpc) is 2.70. The van der Waals surface area contributed by atoms with Gasteiger partial charge in [0.2, 0.25) is 10.0 Å². The van der Waals surface area contributed by atoms with Crippen molar-refractivity contribution in [3.8, 4) is 0 Å². The second-order valence-electron chi connectivity index (χ2n) is 4.08. The highest BCUT2D eigenvalue weighted by Crippen LogP contribution is 2.36. The van der Waals surface area contributed by atoms with Crippen LogP contribution < -0.4 is 10.5 Å². The molecule has 1 aliphatic carbocycles. The molecule has 2 rings (SSSR count). The van der Waals surface area contributed by atoms with E-state index in [-0.39, 0.29) is 12.1 Å². The maximum Gasteiger partial charge on any atom is 0.242 e. The van der Waals surface area contributed by atoms with Gasteiger partial charge in [0.05, 0.1) is 4.90 Å². The molecule has 3 N–H and O–H groups in total. The minimum atomic E-state index is -3.37. The Bertz CT molecular complexity index is 460. The number of rotatable bonds is 4. The minimum absolute atomic E-state index is 0.230. The second kappa shape index (κ2) is 3.55. The van der Waals surface area contributed by atoms with Crippen molar-refractivity contribution in [3.63, 3.8) is 0 Å². The van der Waals surface area contributed by atoms with Crippen molar-refractivity contribution in [1.82, 2.24) is 4.72 Å². The van der Waals surface area contributed by atoms with E-state index in [2.05, 4.69) is 4.72 Å². The first-order chi connectivity index (χ1) is 6.97. The van der Waals surface area contributed by atoms with Gasteiger partial charge >= 0.3 is 0 Å². The van der Waals surface area contributed by atoms with Crippen molar-refractivity contribution < 1.29 is 8.42 Å². The Labute approximate surface area is 93.5 Å². The van der Waals surface area contributed by atoms with Gasteiger partial charge in [-0.05, 0) is 31.2 Å². The predicted molar refractivity (Wildman–Crippen MR) is 60.2 cm³/mol. The third-order valence-electron chi connectivity index (χ3n) is 2.56. The van der Waals surface area contributed by atoms with Crippen LogP contribution in [0.15, 0.2) is 16.3 Å². The molecule has 1 aliphatic rings. The van der Waals surface area contributed by atoms with Crippen molar-refractivity contribution in [1.29, 1.82) is 0 Å². The molecule has 0 bridgehead atoms. The molecule has 0 spiro atoms. The fourth-order valence-corrected chi connectivity index (χ4v) is 4.19. The van der Waals surface area contributed by atoms with E-state index in [1.807, 2.05) is 6.92 Å². The molecule has 4 nitrogen and oxygen atoms in total. The highest BCUT2D eigenvalue weighted by molar-refractivity contribution is 7.89. The lowest BCUT2D eigenvalue weighted by atomic mass is 10.4. The molecule has 1 saturated carbocycles. The molecular weight excluding hydrogens is 232 g/mol. The Hall–Kier alpha value is -0.430. The van der Waals surface area contributed by atoms with Crippen LogP contribution in [-0.2, 0) is 16.6 Å². The van der Waals surface area contributed by atoms with Gasteiger partial charge in [-0.3, -0.25) is 0 Å². The number of hydrogen-bond donors (Lipinski definition) is 2. The first-order valence-electron chi connectivity index (χ1n) is 4.77. The summed E-state index contributed by atoms with van der Waals surface area (Å²) in [7, 11) is -3.37. The van der Waals surface area contributed by atoms with Crippen LogP contribution in [0.5, 0.6) is 0 Å². The van der Waals surface area contributed by atoms with Crippen molar-refractivity contribution in [2.24, 2.45) is 5.73 Å². The Morgan fingerprint density at radius 3 is 2.80 bits per heavy atom. The van der Waals surface area contributed by atoms with Crippen LogP contribution in [0.3, 0.4) is 0 Å². The highest BCUT2D eigenvalue weighted by Gasteiger charge is 2.41. The maximum atomic E-state index is 12.0. The van der Waals surface area contributed by atoms with E-state index in [0.717, 1.165) is 12.8 Å². The Kier molecular flexibility index (Phi) is 2.62. The normalized spacial score (nSPS) is 19.1. The van der Waals surface area contributed by atoms with E-state index >= 15 is 0 Å². The number of nitrogens with two attached hydrogens (primary N) is 1. The van der Waals surface area contributed by atoms with Crippen LogP contribution in [-0.4, -0.2) is 14.0 Å². The number of sulfonamides is 1. The Morgan fingerprint density at radius 2 is 2.27 bits per heavy atom. The topological polar surface area (TPSA) is 72.2 Å². The molecule has 6 heteroatoms. The quantitative estimate of drug-likeness (QED) is 0.833. The first-order valence-corrected chi connectivity index (χ1v) is 7.14. The summed E-state index contributed by atoms with van der Waals surface area (Å²) in [4.78, 5) is 1.05. The molecule has 0 aliphatic heterocycles. The molecule has 1 heterocycles. The summed E-state index contributed by atoms with van der Waals surface area (Å²) in [5.41, 5.74) is 5.26. The summed E-state index contributed by atoms with van der Waals surface area (Å²) in [5, 5.41) is 1.76. The molecule has 0 radical (unpaired) electrons. The lowest BCUT2D eigenvalue weighted by Crippen LogP contribution is -2.34. The van der Waals surface area contributed by atoms with Crippen molar-refractivity contribution >= 4 is 21.4 Å². The average molecular weight is 246 g/mol. The van der Waals surface area contributed by atoms with Crippen molar-refractivity contribution in [2.45, 2.75) is 36.7 Å². The summed E-state index contributed by atoms with van der Waals surface area (Å²) in [6.07, 6.45) is 1.82. The molecule has 1 aromatic rings. The van der Waals surface area contributed by atoms with Gasteiger partial charge in [0.15, 0.2) is 0 Å². The third-order valence-corrected chi connectivity index (χ3v) is 5.36. The Balaban J connectivity index is 2.29. The van der Waals surface area contributed by atoms with Crippen molar-refractivity contribution in [3.05, 3.63) is 16.3 Å². The van der Waals surface area contributed by atoms with E-state index in [4.69, 9.17) is 5.73 Å². The zero-order valence-corrected chi connectivity index (χ0v) is 10.1. The summed E-state index contributed by atoms with van der Waals surface area (Å²) in [6.45, 7) is 2.18. The summed E-state index contributed by atoms with van der Waals surface area (Å²) in [6, 6.07) is 1.61. The number of nitrogens with one attached hydrogen (secondary N) is 1. The molecule has 1 aromatic heterocycles. The van der Waals surface area contributed by atoms with Crippen LogP contribution in [0.2, 0.25) is 0 Å². The van der Waals surface area contributed by atoms with E-state index in [9.17, 15) is 8.42 Å².